The van der Waals surface area contributed by atoms with E-state index in [9.17, 15) is 4.79 Å². The third-order valence-electron chi connectivity index (χ3n) is 6.88. The van der Waals surface area contributed by atoms with Crippen LogP contribution in [0.15, 0.2) is 39.5 Å². The number of benzene rings is 2. The number of rotatable bonds is 1. The van der Waals surface area contributed by atoms with Crippen LogP contribution < -0.4 is 19.9 Å². The first kappa shape index (κ1) is 17.8. The fraction of sp³-hybridized carbons (Fsp3) is 0.360. The minimum Gasteiger partial charge on any atom is -0.455 e. The first-order chi connectivity index (χ1) is 14.5. The highest BCUT2D eigenvalue weighted by Crippen LogP contribution is 2.42. The van der Waals surface area contributed by atoms with Crippen molar-refractivity contribution in [3.63, 3.8) is 0 Å². The number of aromatic nitrogens is 1. The van der Waals surface area contributed by atoms with Gasteiger partial charge in [-0.15, -0.1) is 0 Å². The summed E-state index contributed by atoms with van der Waals surface area (Å²) < 4.78 is 8.32. The van der Waals surface area contributed by atoms with E-state index in [0.717, 1.165) is 65.7 Å². The van der Waals surface area contributed by atoms with E-state index in [-0.39, 0.29) is 5.56 Å². The van der Waals surface area contributed by atoms with Crippen molar-refractivity contribution in [3.05, 3.63) is 51.8 Å². The van der Waals surface area contributed by atoms with Gasteiger partial charge in [0.15, 0.2) is 5.76 Å². The molecule has 2 aromatic carbocycles. The topological polar surface area (TPSA) is 40.6 Å². The molecule has 5 heteroatoms. The summed E-state index contributed by atoms with van der Waals surface area (Å²) in [5.41, 5.74) is 7.73. The van der Waals surface area contributed by atoms with Crippen LogP contribution in [-0.4, -0.2) is 27.2 Å². The van der Waals surface area contributed by atoms with E-state index in [1.165, 1.54) is 23.2 Å². The van der Waals surface area contributed by atoms with Gasteiger partial charge in [-0.3, -0.25) is 0 Å². The molecular weight excluding hydrogens is 374 g/mol. The zero-order valence-electron chi connectivity index (χ0n) is 17.8. The summed E-state index contributed by atoms with van der Waals surface area (Å²) in [6, 6.07) is 10.4. The second-order valence-electron chi connectivity index (χ2n) is 8.92. The minimum atomic E-state index is 0.0176. The highest BCUT2D eigenvalue weighted by atomic mass is 16.3. The molecular formula is C25H26N3O2+. The molecule has 4 aliphatic heterocycles. The minimum absolute atomic E-state index is 0.0176. The predicted molar refractivity (Wildman–Crippen MR) is 121 cm³/mol. The van der Waals surface area contributed by atoms with Gasteiger partial charge in [-0.25, -0.2) is 4.79 Å². The summed E-state index contributed by atoms with van der Waals surface area (Å²) in [5.74, 6) is 0.721. The van der Waals surface area contributed by atoms with Crippen molar-refractivity contribution in [3.8, 4) is 11.3 Å². The fourth-order valence-electron chi connectivity index (χ4n) is 5.44. The Morgan fingerprint density at radius 1 is 1.07 bits per heavy atom. The Hall–Kier alpha value is -3.08. The van der Waals surface area contributed by atoms with E-state index >= 15 is 0 Å². The quantitative estimate of drug-likeness (QED) is 0.278. The summed E-state index contributed by atoms with van der Waals surface area (Å²) in [5, 5.41) is 2.02. The van der Waals surface area contributed by atoms with Crippen LogP contribution in [0, 0.1) is 0 Å². The summed E-state index contributed by atoms with van der Waals surface area (Å²) in [6.07, 6.45) is 4.44. The van der Waals surface area contributed by atoms with Gasteiger partial charge >= 0.3 is 5.56 Å². The molecule has 0 saturated heterocycles. The van der Waals surface area contributed by atoms with Crippen LogP contribution in [0.1, 0.15) is 24.0 Å². The Bertz CT molecular complexity index is 1370. The van der Waals surface area contributed by atoms with Crippen molar-refractivity contribution in [1.29, 1.82) is 0 Å². The second kappa shape index (κ2) is 6.21. The van der Waals surface area contributed by atoms with Crippen LogP contribution in [-0.2, 0) is 19.9 Å². The van der Waals surface area contributed by atoms with E-state index in [4.69, 9.17) is 4.42 Å². The normalized spacial score (nSPS) is 15.8. The largest absolute Gasteiger partial charge is 0.455 e. The highest BCUT2D eigenvalue weighted by molar-refractivity contribution is 5.99. The molecule has 2 aromatic rings. The summed E-state index contributed by atoms with van der Waals surface area (Å²) in [7, 11) is 5.96. The molecule has 152 valence electrons. The maximum Gasteiger partial charge on any atom is 0.423 e. The van der Waals surface area contributed by atoms with Crippen molar-refractivity contribution >= 4 is 33.2 Å². The number of anilines is 2. The average Bonchev–Trinajstić information content (AvgIpc) is 2.76. The number of nitrogens with zero attached hydrogens (tertiary/aromatic N) is 3. The predicted octanol–water partition coefficient (Wildman–Crippen LogP) is 3.64. The van der Waals surface area contributed by atoms with Gasteiger partial charge in [0.25, 0.3) is 0 Å². The molecule has 0 aromatic heterocycles. The average molecular weight is 401 g/mol. The van der Waals surface area contributed by atoms with E-state index in [2.05, 4.69) is 28.0 Å². The molecule has 0 bridgehead atoms. The highest BCUT2D eigenvalue weighted by Gasteiger charge is 2.33. The van der Waals surface area contributed by atoms with E-state index in [0.29, 0.717) is 5.56 Å². The van der Waals surface area contributed by atoms with Gasteiger partial charge in [-0.1, -0.05) is 0 Å². The third-order valence-corrected chi connectivity index (χ3v) is 6.88. The smallest absolute Gasteiger partial charge is 0.423 e. The van der Waals surface area contributed by atoms with Gasteiger partial charge in [0.1, 0.15) is 18.2 Å². The Morgan fingerprint density at radius 2 is 1.87 bits per heavy atom. The van der Waals surface area contributed by atoms with Crippen molar-refractivity contribution in [2.45, 2.75) is 25.7 Å². The van der Waals surface area contributed by atoms with E-state index in [1.54, 1.807) is 0 Å². The summed E-state index contributed by atoms with van der Waals surface area (Å²) in [6.45, 7) is 2.24. The lowest BCUT2D eigenvalue weighted by molar-refractivity contribution is -0.659. The Balaban J connectivity index is 1.77. The maximum atomic E-state index is 13.4. The van der Waals surface area contributed by atoms with Crippen molar-refractivity contribution < 1.29 is 8.98 Å². The zero-order valence-corrected chi connectivity index (χ0v) is 17.8. The SMILES string of the molecule is CN(C)c1ccc2cc3c(=O)[n+](C)c4c5c6c(cc4c-3oc2c1)CCCN6CCC5. The van der Waals surface area contributed by atoms with Crippen LogP contribution in [0.4, 0.5) is 11.4 Å². The fourth-order valence-corrected chi connectivity index (χ4v) is 5.44. The molecule has 0 fully saturated rings. The molecule has 4 heterocycles. The van der Waals surface area contributed by atoms with Gasteiger partial charge in [-0.2, -0.15) is 4.57 Å². The molecule has 0 atom stereocenters. The maximum absolute atomic E-state index is 13.4. The molecule has 4 aliphatic rings. The monoisotopic (exact) mass is 400 g/mol. The Labute approximate surface area is 175 Å². The summed E-state index contributed by atoms with van der Waals surface area (Å²) in [4.78, 5) is 18.0. The molecule has 0 aliphatic carbocycles. The van der Waals surface area contributed by atoms with Gasteiger partial charge in [0, 0.05) is 55.6 Å². The number of pyridine rings is 1. The molecule has 5 nitrogen and oxygen atoms in total. The Morgan fingerprint density at radius 3 is 2.67 bits per heavy atom. The second-order valence-corrected chi connectivity index (χ2v) is 8.92. The lowest BCUT2D eigenvalue weighted by Gasteiger charge is -2.36. The van der Waals surface area contributed by atoms with Crippen LogP contribution in [0.2, 0.25) is 0 Å². The zero-order chi connectivity index (χ0) is 20.6. The number of hydrogen-bond donors (Lipinski definition) is 0. The molecule has 0 N–H and O–H groups in total. The van der Waals surface area contributed by atoms with E-state index in [1.807, 2.05) is 37.8 Å². The first-order valence-corrected chi connectivity index (χ1v) is 10.8. The van der Waals surface area contributed by atoms with Gasteiger partial charge in [0.2, 0.25) is 5.52 Å². The standard InChI is InChI=1S/C25H26N3O2/c1-26(2)17-9-8-15-12-20-24(30-21(15)14-17)19-13-16-6-4-10-28-11-5-7-18(22(16)28)23(19)27(3)25(20)29/h8-9,12-14H,4-7,10-11H2,1-3H3/q+1. The molecule has 0 saturated carbocycles. The number of hydrogen-bond acceptors (Lipinski definition) is 4. The molecule has 0 spiro atoms. The third kappa shape index (κ3) is 2.35. The Kier molecular flexibility index (Phi) is 3.67. The molecule has 0 unspecified atom stereocenters. The summed E-state index contributed by atoms with van der Waals surface area (Å²) >= 11 is 0. The van der Waals surface area contributed by atoms with Crippen molar-refractivity contribution in [2.24, 2.45) is 7.05 Å². The van der Waals surface area contributed by atoms with Crippen LogP contribution >= 0.6 is 0 Å². The molecule has 6 rings (SSSR count). The van der Waals surface area contributed by atoms with Crippen molar-refractivity contribution in [2.75, 3.05) is 37.0 Å². The first-order valence-electron chi connectivity index (χ1n) is 10.8. The van der Waals surface area contributed by atoms with E-state index < -0.39 is 0 Å². The molecule has 0 amide bonds. The van der Waals surface area contributed by atoms with Crippen LogP contribution in [0.5, 0.6) is 0 Å². The van der Waals surface area contributed by atoms with Crippen LogP contribution in [0.25, 0.3) is 33.2 Å². The van der Waals surface area contributed by atoms with Gasteiger partial charge in [0.05, 0.1) is 5.39 Å². The molecule has 30 heavy (non-hydrogen) atoms. The lowest BCUT2D eigenvalue weighted by Crippen LogP contribution is -2.49. The number of aryl methyl sites for hydroxylation is 3. The van der Waals surface area contributed by atoms with Gasteiger partial charge < -0.3 is 14.2 Å². The number of fused-ring (bicyclic) bond motifs is 5. The van der Waals surface area contributed by atoms with Crippen molar-refractivity contribution in [1.82, 2.24) is 0 Å². The van der Waals surface area contributed by atoms with Gasteiger partial charge in [-0.05, 0) is 55.5 Å². The van der Waals surface area contributed by atoms with Crippen LogP contribution in [0.3, 0.4) is 0 Å². The lowest BCUT2D eigenvalue weighted by atomic mass is 9.88. The molecule has 0 radical (unpaired) electrons.